The Labute approximate surface area is 69.4 Å². The lowest BCUT2D eigenvalue weighted by Gasteiger charge is -1.85. The second kappa shape index (κ2) is 2.91. The smallest absolute Gasteiger partial charge is 0.196 e. The summed E-state index contributed by atoms with van der Waals surface area (Å²) in [5.74, 6) is 0.681. The average Bonchev–Trinajstić information content (AvgIpc) is 2.47. The van der Waals surface area contributed by atoms with Crippen LogP contribution in [0.3, 0.4) is 0 Å². The number of aromatic nitrogens is 2. The third-order valence-corrected chi connectivity index (χ3v) is 1.59. The normalized spacial score (nSPS) is 10.8. The van der Waals surface area contributed by atoms with Gasteiger partial charge in [-0.25, -0.2) is 4.98 Å². The van der Waals surface area contributed by atoms with Crippen molar-refractivity contribution in [2.24, 2.45) is 5.73 Å². The summed E-state index contributed by atoms with van der Waals surface area (Å²) in [5, 5.41) is 0. The molecule has 0 fully saturated rings. The summed E-state index contributed by atoms with van der Waals surface area (Å²) in [5.41, 5.74) is 6.93. The molecule has 4 heteroatoms. The van der Waals surface area contributed by atoms with E-state index in [1.165, 1.54) is 0 Å². The molecule has 2 aromatic heterocycles. The van der Waals surface area contributed by atoms with Crippen molar-refractivity contribution in [3.63, 3.8) is 0 Å². The first kappa shape index (κ1) is 7.24. The van der Waals surface area contributed by atoms with Crippen LogP contribution in [0.1, 0.15) is 5.89 Å². The molecular weight excluding hydrogens is 154 g/mol. The minimum absolute atomic E-state index is 0.556. The summed E-state index contributed by atoms with van der Waals surface area (Å²) in [7, 11) is 0. The Kier molecular flexibility index (Phi) is 1.75. The van der Waals surface area contributed by atoms with Crippen molar-refractivity contribution < 1.29 is 4.42 Å². The lowest BCUT2D eigenvalue weighted by Crippen LogP contribution is -2.02. The second-order valence-electron chi connectivity index (χ2n) is 2.49. The Balaban J connectivity index is 2.47. The largest absolute Gasteiger partial charge is 0.441 e. The molecule has 2 rings (SSSR count). The molecule has 0 aliphatic rings. The molecule has 0 aromatic carbocycles. The number of oxazole rings is 1. The third kappa shape index (κ3) is 1.16. The van der Waals surface area contributed by atoms with Gasteiger partial charge in [-0.2, -0.15) is 0 Å². The zero-order chi connectivity index (χ0) is 8.39. The molecule has 62 valence electrons. The molecule has 12 heavy (non-hydrogen) atoms. The standard InChI is InChI=1S/C8H9N3O/c9-3-1-8-11-6-5-10-4-2-7(6)12-8/h2,4-5H,1,3,9H2. The van der Waals surface area contributed by atoms with E-state index in [2.05, 4.69) is 9.97 Å². The van der Waals surface area contributed by atoms with Gasteiger partial charge in [-0.15, -0.1) is 0 Å². The maximum Gasteiger partial charge on any atom is 0.196 e. The Hall–Kier alpha value is -1.42. The number of hydrogen-bond acceptors (Lipinski definition) is 4. The molecular formula is C8H9N3O. The highest BCUT2D eigenvalue weighted by Gasteiger charge is 2.02. The van der Waals surface area contributed by atoms with E-state index in [4.69, 9.17) is 10.2 Å². The number of nitrogens with zero attached hydrogens (tertiary/aromatic N) is 2. The van der Waals surface area contributed by atoms with Gasteiger partial charge in [0.05, 0.1) is 6.20 Å². The highest BCUT2D eigenvalue weighted by Crippen LogP contribution is 2.12. The topological polar surface area (TPSA) is 64.9 Å². The van der Waals surface area contributed by atoms with Gasteiger partial charge < -0.3 is 10.2 Å². The maximum atomic E-state index is 5.38. The van der Waals surface area contributed by atoms with Crippen LogP contribution in [0, 0.1) is 0 Å². The van der Waals surface area contributed by atoms with E-state index >= 15 is 0 Å². The van der Waals surface area contributed by atoms with Crippen LogP contribution >= 0.6 is 0 Å². The fourth-order valence-electron chi connectivity index (χ4n) is 1.06. The summed E-state index contributed by atoms with van der Waals surface area (Å²) in [6, 6.07) is 1.79. The van der Waals surface area contributed by atoms with Gasteiger partial charge in [-0.1, -0.05) is 0 Å². The molecule has 2 N–H and O–H groups in total. The van der Waals surface area contributed by atoms with Gasteiger partial charge >= 0.3 is 0 Å². The Morgan fingerprint density at radius 3 is 3.17 bits per heavy atom. The predicted molar refractivity (Wildman–Crippen MR) is 44.6 cm³/mol. The third-order valence-electron chi connectivity index (χ3n) is 1.59. The maximum absolute atomic E-state index is 5.38. The van der Waals surface area contributed by atoms with Crippen molar-refractivity contribution in [3.05, 3.63) is 24.4 Å². The molecule has 4 nitrogen and oxygen atoms in total. The minimum atomic E-state index is 0.556. The lowest BCUT2D eigenvalue weighted by molar-refractivity contribution is 0.531. The summed E-state index contributed by atoms with van der Waals surface area (Å²) in [4.78, 5) is 8.13. The molecule has 0 spiro atoms. The lowest BCUT2D eigenvalue weighted by atomic mass is 10.4. The van der Waals surface area contributed by atoms with Crippen molar-refractivity contribution in [2.75, 3.05) is 6.54 Å². The highest BCUT2D eigenvalue weighted by molar-refractivity contribution is 5.70. The molecule has 0 saturated heterocycles. The van der Waals surface area contributed by atoms with Gasteiger partial charge in [0, 0.05) is 25.2 Å². The van der Waals surface area contributed by atoms with Crippen molar-refractivity contribution in [1.82, 2.24) is 9.97 Å². The molecule has 0 aliphatic carbocycles. The molecule has 0 radical (unpaired) electrons. The summed E-state index contributed by atoms with van der Waals surface area (Å²) in [6.07, 6.45) is 4.03. The zero-order valence-electron chi connectivity index (χ0n) is 6.53. The molecule has 0 aliphatic heterocycles. The van der Waals surface area contributed by atoms with Crippen LogP contribution in [0.5, 0.6) is 0 Å². The van der Waals surface area contributed by atoms with E-state index in [1.807, 2.05) is 0 Å². The van der Waals surface area contributed by atoms with Gasteiger partial charge in [0.1, 0.15) is 5.52 Å². The fourth-order valence-corrected chi connectivity index (χ4v) is 1.06. The van der Waals surface area contributed by atoms with Crippen LogP contribution in [0.2, 0.25) is 0 Å². The first-order valence-electron chi connectivity index (χ1n) is 3.79. The van der Waals surface area contributed by atoms with E-state index < -0.39 is 0 Å². The van der Waals surface area contributed by atoms with Gasteiger partial charge in [0.2, 0.25) is 0 Å². The molecule has 0 amide bonds. The Bertz CT molecular complexity index is 349. The van der Waals surface area contributed by atoms with Crippen LogP contribution in [0.25, 0.3) is 11.1 Å². The number of fused-ring (bicyclic) bond motifs is 1. The van der Waals surface area contributed by atoms with E-state index in [-0.39, 0.29) is 0 Å². The highest BCUT2D eigenvalue weighted by atomic mass is 16.3. The summed E-state index contributed by atoms with van der Waals surface area (Å²) in [6.45, 7) is 0.556. The van der Waals surface area contributed by atoms with Crippen LogP contribution in [0.4, 0.5) is 0 Å². The van der Waals surface area contributed by atoms with E-state index in [0.717, 1.165) is 11.1 Å². The van der Waals surface area contributed by atoms with Crippen LogP contribution < -0.4 is 5.73 Å². The molecule has 0 bridgehead atoms. The fraction of sp³-hybridized carbons (Fsp3) is 0.250. The molecule has 2 aromatic rings. The van der Waals surface area contributed by atoms with Crippen molar-refractivity contribution in [1.29, 1.82) is 0 Å². The molecule has 2 heterocycles. The molecule has 0 atom stereocenters. The predicted octanol–water partition coefficient (Wildman–Crippen LogP) is 0.724. The van der Waals surface area contributed by atoms with E-state index in [0.29, 0.717) is 18.9 Å². The van der Waals surface area contributed by atoms with Crippen molar-refractivity contribution >= 4 is 11.1 Å². The molecule has 0 unspecified atom stereocenters. The van der Waals surface area contributed by atoms with Gasteiger partial charge in [-0.05, 0) is 0 Å². The van der Waals surface area contributed by atoms with Crippen LogP contribution in [-0.4, -0.2) is 16.5 Å². The van der Waals surface area contributed by atoms with Gasteiger partial charge in [0.25, 0.3) is 0 Å². The van der Waals surface area contributed by atoms with E-state index in [1.54, 1.807) is 18.5 Å². The number of rotatable bonds is 2. The number of pyridine rings is 1. The van der Waals surface area contributed by atoms with Gasteiger partial charge in [-0.3, -0.25) is 4.98 Å². The van der Waals surface area contributed by atoms with Crippen molar-refractivity contribution in [3.8, 4) is 0 Å². The average molecular weight is 163 g/mol. The first-order valence-corrected chi connectivity index (χ1v) is 3.79. The monoisotopic (exact) mass is 163 g/mol. The SMILES string of the molecule is NCCc1nc2cnccc2o1. The van der Waals surface area contributed by atoms with Crippen LogP contribution in [0.15, 0.2) is 22.9 Å². The molecule has 0 saturated carbocycles. The first-order chi connectivity index (χ1) is 5.90. The Morgan fingerprint density at radius 2 is 2.42 bits per heavy atom. The number of nitrogens with two attached hydrogens (primary N) is 1. The number of hydrogen-bond donors (Lipinski definition) is 1. The van der Waals surface area contributed by atoms with Crippen molar-refractivity contribution in [2.45, 2.75) is 6.42 Å². The minimum Gasteiger partial charge on any atom is -0.441 e. The van der Waals surface area contributed by atoms with Gasteiger partial charge in [0.15, 0.2) is 11.5 Å². The Morgan fingerprint density at radius 1 is 1.50 bits per heavy atom. The zero-order valence-corrected chi connectivity index (χ0v) is 6.53. The quantitative estimate of drug-likeness (QED) is 0.708. The second-order valence-corrected chi connectivity index (χ2v) is 2.49. The van der Waals surface area contributed by atoms with E-state index in [9.17, 15) is 0 Å². The summed E-state index contributed by atoms with van der Waals surface area (Å²) < 4.78 is 5.38. The summed E-state index contributed by atoms with van der Waals surface area (Å²) >= 11 is 0. The van der Waals surface area contributed by atoms with Crippen LogP contribution in [-0.2, 0) is 6.42 Å².